The van der Waals surface area contributed by atoms with Crippen LogP contribution in [0.25, 0.3) is 0 Å². The van der Waals surface area contributed by atoms with E-state index in [1.165, 1.54) is 0 Å². The van der Waals surface area contributed by atoms with Crippen LogP contribution in [0.1, 0.15) is 24.8 Å². The van der Waals surface area contributed by atoms with Gasteiger partial charge in [-0.25, -0.2) is 4.79 Å². The Kier molecular flexibility index (Phi) is 1.83. The lowest BCUT2D eigenvalue weighted by Gasteiger charge is -2.23. The highest BCUT2D eigenvalue weighted by Gasteiger charge is 2.54. The molecule has 0 N–H and O–H groups in total. The molecule has 0 amide bonds. The molecule has 15 heavy (non-hydrogen) atoms. The molecule has 3 nitrogen and oxygen atoms in total. The molecule has 0 aromatic heterocycles. The summed E-state index contributed by atoms with van der Waals surface area (Å²) in [7, 11) is 0. The molecular formula is C12H12O3. The van der Waals surface area contributed by atoms with E-state index in [0.717, 1.165) is 18.4 Å². The fraction of sp³-hybridized carbons (Fsp3) is 0.417. The summed E-state index contributed by atoms with van der Waals surface area (Å²) in [6, 6.07) is 9.89. The smallest absolute Gasteiger partial charge is 0.297 e. The quantitative estimate of drug-likeness (QED) is 0.692. The summed E-state index contributed by atoms with van der Waals surface area (Å²) in [6.07, 6.45) is 2.58. The van der Waals surface area contributed by atoms with E-state index in [1.54, 1.807) is 0 Å². The summed E-state index contributed by atoms with van der Waals surface area (Å²) >= 11 is 0. The summed E-state index contributed by atoms with van der Waals surface area (Å²) in [5.74, 6) is 0.178. The molecular weight excluding hydrogens is 192 g/mol. The molecule has 1 heterocycles. The molecule has 1 atom stereocenters. The Balaban J connectivity index is 2.01. The molecule has 2 fully saturated rings. The van der Waals surface area contributed by atoms with Gasteiger partial charge in [0.2, 0.25) is 0 Å². The van der Waals surface area contributed by atoms with Crippen LogP contribution in [0.2, 0.25) is 0 Å². The van der Waals surface area contributed by atoms with Gasteiger partial charge in [-0.15, -0.1) is 0 Å². The number of rotatable bonds is 2. The van der Waals surface area contributed by atoms with Crippen molar-refractivity contribution in [3.63, 3.8) is 0 Å². The van der Waals surface area contributed by atoms with Crippen LogP contribution in [0, 0.1) is 5.92 Å². The third-order valence-corrected chi connectivity index (χ3v) is 3.19. The van der Waals surface area contributed by atoms with Crippen LogP contribution in [0.4, 0.5) is 0 Å². The lowest BCUT2D eigenvalue weighted by molar-refractivity contribution is -0.303. The maximum atomic E-state index is 11.2. The molecule has 1 aliphatic carbocycles. The predicted molar refractivity (Wildman–Crippen MR) is 52.6 cm³/mol. The van der Waals surface area contributed by atoms with Gasteiger partial charge in [-0.2, -0.15) is 4.89 Å². The Morgan fingerprint density at radius 3 is 2.47 bits per heavy atom. The van der Waals surface area contributed by atoms with Crippen molar-refractivity contribution in [2.45, 2.75) is 24.9 Å². The lowest BCUT2D eigenvalue weighted by Crippen LogP contribution is -2.27. The summed E-state index contributed by atoms with van der Waals surface area (Å²) in [5.41, 5.74) is 0.552. The minimum atomic E-state index is -0.502. The van der Waals surface area contributed by atoms with Crippen molar-refractivity contribution in [3.05, 3.63) is 35.9 Å². The predicted octanol–water partition coefficient (Wildman–Crippen LogP) is 2.17. The standard InChI is InChI=1S/C12H12O3/c13-11-8-12(15-14-11,10-6-7-10)9-4-2-1-3-5-9/h1-5,10H,6-8H2. The fourth-order valence-corrected chi connectivity index (χ4v) is 2.26. The van der Waals surface area contributed by atoms with E-state index in [0.29, 0.717) is 12.3 Å². The van der Waals surface area contributed by atoms with Crippen molar-refractivity contribution in [3.8, 4) is 0 Å². The van der Waals surface area contributed by atoms with E-state index >= 15 is 0 Å². The van der Waals surface area contributed by atoms with E-state index in [1.807, 2.05) is 30.3 Å². The number of hydrogen-bond donors (Lipinski definition) is 0. The average molecular weight is 204 g/mol. The third-order valence-electron chi connectivity index (χ3n) is 3.19. The van der Waals surface area contributed by atoms with Gasteiger partial charge in [-0.1, -0.05) is 30.3 Å². The first-order valence-electron chi connectivity index (χ1n) is 5.25. The molecule has 2 aliphatic rings. The van der Waals surface area contributed by atoms with Gasteiger partial charge in [0.15, 0.2) is 5.60 Å². The summed E-state index contributed by atoms with van der Waals surface area (Å²) in [6.45, 7) is 0. The minimum absolute atomic E-state index is 0.259. The van der Waals surface area contributed by atoms with Crippen LogP contribution in [-0.4, -0.2) is 5.97 Å². The van der Waals surface area contributed by atoms with Crippen molar-refractivity contribution >= 4 is 5.97 Å². The van der Waals surface area contributed by atoms with Crippen LogP contribution in [0.3, 0.4) is 0 Å². The molecule has 3 heteroatoms. The number of benzene rings is 1. The van der Waals surface area contributed by atoms with E-state index in [4.69, 9.17) is 4.89 Å². The van der Waals surface area contributed by atoms with Crippen molar-refractivity contribution in [1.82, 2.24) is 0 Å². The van der Waals surface area contributed by atoms with Crippen LogP contribution in [0.15, 0.2) is 30.3 Å². The Morgan fingerprint density at radius 2 is 1.93 bits per heavy atom. The summed E-state index contributed by atoms with van der Waals surface area (Å²) in [4.78, 5) is 21.2. The van der Waals surface area contributed by atoms with Crippen molar-refractivity contribution in [2.24, 2.45) is 5.92 Å². The van der Waals surface area contributed by atoms with Crippen LogP contribution in [-0.2, 0) is 20.2 Å². The van der Waals surface area contributed by atoms with E-state index in [2.05, 4.69) is 4.89 Å². The maximum absolute atomic E-state index is 11.2. The van der Waals surface area contributed by atoms with Crippen molar-refractivity contribution < 1.29 is 14.6 Å². The van der Waals surface area contributed by atoms with Gasteiger partial charge >= 0.3 is 5.97 Å². The third kappa shape index (κ3) is 1.35. The highest BCUT2D eigenvalue weighted by Crippen LogP contribution is 2.52. The first kappa shape index (κ1) is 8.92. The molecule has 0 radical (unpaired) electrons. The number of carbonyl (C=O) groups is 1. The molecule has 78 valence electrons. The summed E-state index contributed by atoms with van der Waals surface area (Å²) < 4.78 is 0. The Morgan fingerprint density at radius 1 is 1.20 bits per heavy atom. The first-order valence-corrected chi connectivity index (χ1v) is 5.25. The first-order chi connectivity index (χ1) is 7.31. The molecule has 3 rings (SSSR count). The summed E-state index contributed by atoms with van der Waals surface area (Å²) in [5, 5.41) is 0. The van der Waals surface area contributed by atoms with E-state index in [9.17, 15) is 4.79 Å². The minimum Gasteiger partial charge on any atom is -0.297 e. The van der Waals surface area contributed by atoms with E-state index in [-0.39, 0.29) is 5.97 Å². The SMILES string of the molecule is O=C1CC(c2ccccc2)(C2CC2)OO1. The molecule has 1 aromatic carbocycles. The van der Waals surface area contributed by atoms with Crippen molar-refractivity contribution in [2.75, 3.05) is 0 Å². The zero-order valence-electron chi connectivity index (χ0n) is 8.31. The number of carbonyl (C=O) groups excluding carboxylic acids is 1. The number of hydrogen-bond acceptors (Lipinski definition) is 3. The monoisotopic (exact) mass is 204 g/mol. The molecule has 1 aromatic rings. The van der Waals surface area contributed by atoms with Gasteiger partial charge in [0.1, 0.15) is 0 Å². The fourth-order valence-electron chi connectivity index (χ4n) is 2.26. The molecule has 0 spiro atoms. The Hall–Kier alpha value is -1.35. The molecule has 1 saturated heterocycles. The molecule has 1 aliphatic heterocycles. The highest BCUT2D eigenvalue weighted by molar-refractivity contribution is 5.72. The topological polar surface area (TPSA) is 35.5 Å². The molecule has 1 saturated carbocycles. The normalized spacial score (nSPS) is 30.3. The zero-order valence-corrected chi connectivity index (χ0v) is 8.31. The van der Waals surface area contributed by atoms with Crippen LogP contribution < -0.4 is 0 Å². The van der Waals surface area contributed by atoms with E-state index < -0.39 is 5.60 Å². The van der Waals surface area contributed by atoms with Gasteiger partial charge in [0.05, 0.1) is 6.42 Å². The van der Waals surface area contributed by atoms with Crippen LogP contribution in [0.5, 0.6) is 0 Å². The largest absolute Gasteiger partial charge is 0.345 e. The highest BCUT2D eigenvalue weighted by atomic mass is 17.2. The molecule has 1 unspecified atom stereocenters. The Bertz CT molecular complexity index is 383. The van der Waals surface area contributed by atoms with Gasteiger partial charge in [-0.3, -0.25) is 4.89 Å². The average Bonchev–Trinajstić information content (AvgIpc) is 3.05. The van der Waals surface area contributed by atoms with Crippen molar-refractivity contribution in [1.29, 1.82) is 0 Å². The van der Waals surface area contributed by atoms with Crippen LogP contribution >= 0.6 is 0 Å². The van der Waals surface area contributed by atoms with Gasteiger partial charge in [0, 0.05) is 0 Å². The van der Waals surface area contributed by atoms with Gasteiger partial charge in [0.25, 0.3) is 0 Å². The van der Waals surface area contributed by atoms with Gasteiger partial charge in [-0.05, 0) is 24.3 Å². The zero-order chi connectivity index (χ0) is 10.3. The maximum Gasteiger partial charge on any atom is 0.345 e. The van der Waals surface area contributed by atoms with Gasteiger partial charge < -0.3 is 0 Å². The lowest BCUT2D eigenvalue weighted by atomic mass is 9.86. The Labute approximate surface area is 87.9 Å². The second-order valence-corrected chi connectivity index (χ2v) is 4.25. The second kappa shape index (κ2) is 3.07. The second-order valence-electron chi connectivity index (χ2n) is 4.25. The molecule has 0 bridgehead atoms.